The molecular formula is C35H47NO5S. The van der Waals surface area contributed by atoms with Gasteiger partial charge in [0.1, 0.15) is 11.4 Å². The molecule has 1 N–H and O–H groups in total. The zero-order valence-corrected chi connectivity index (χ0v) is 27.1. The topological polar surface area (TPSA) is 83.9 Å². The third kappa shape index (κ3) is 8.84. The van der Waals surface area contributed by atoms with Gasteiger partial charge >= 0.3 is 6.09 Å². The van der Waals surface area contributed by atoms with E-state index in [9.17, 15) is 18.3 Å². The number of allylic oxidation sites excluding steroid dienone is 6. The number of aryl methyl sites for hydroxylation is 3. The number of rotatable bonds is 12. The Morgan fingerprint density at radius 1 is 0.952 bits per heavy atom. The summed E-state index contributed by atoms with van der Waals surface area (Å²) in [6.07, 6.45) is 13.0. The summed E-state index contributed by atoms with van der Waals surface area (Å²) in [5, 5.41) is 9.94. The first kappa shape index (κ1) is 33.2. The molecule has 0 radical (unpaired) electrons. The van der Waals surface area contributed by atoms with E-state index in [1.54, 1.807) is 24.3 Å². The molecule has 0 spiro atoms. The van der Waals surface area contributed by atoms with E-state index in [0.717, 1.165) is 67.4 Å². The maximum atomic E-state index is 13.3. The Morgan fingerprint density at radius 2 is 1.55 bits per heavy atom. The number of fused-ring (bicyclic) bond motifs is 1. The minimum Gasteiger partial charge on any atom is -0.487 e. The van der Waals surface area contributed by atoms with Gasteiger partial charge in [-0.3, -0.25) is 0 Å². The summed E-state index contributed by atoms with van der Waals surface area (Å²) in [4.78, 5) is 12.1. The monoisotopic (exact) mass is 593 g/mol. The summed E-state index contributed by atoms with van der Waals surface area (Å²) in [6.45, 7) is 14.5. The van der Waals surface area contributed by atoms with E-state index >= 15 is 0 Å². The first-order valence-electron chi connectivity index (χ1n) is 14.8. The maximum absolute atomic E-state index is 13.3. The fraction of sp³-hybridized carbons (Fsp3) is 0.457. The fourth-order valence-electron chi connectivity index (χ4n) is 5.28. The van der Waals surface area contributed by atoms with E-state index in [0.29, 0.717) is 10.7 Å². The number of benzene rings is 2. The van der Waals surface area contributed by atoms with Crippen LogP contribution in [0.1, 0.15) is 96.3 Å². The number of amides is 1. The van der Waals surface area contributed by atoms with Gasteiger partial charge < -0.3 is 9.84 Å². The lowest BCUT2D eigenvalue weighted by atomic mass is 9.87. The van der Waals surface area contributed by atoms with Crippen LogP contribution in [0.4, 0.5) is 10.5 Å². The summed E-state index contributed by atoms with van der Waals surface area (Å²) < 4.78 is 33.6. The standard InChI is InChI=1S/C35H47NO5S/c1-25(2)11-8-12-26(3)13-9-14-27(4)15-10-21-35(7)22-20-30-24-31(23-29(6)33(30)41-35)36(34(37)38)42(39,40)32-18-16-28(5)17-19-32/h11,13,15-19,23-24H,8-10,12,14,20-22H2,1-7H3,(H,37,38)/t35-/m1/s1. The van der Waals surface area contributed by atoms with Crippen LogP contribution < -0.4 is 9.04 Å². The van der Waals surface area contributed by atoms with Gasteiger partial charge in [-0.1, -0.05) is 52.6 Å². The smallest absolute Gasteiger partial charge is 0.426 e. The predicted octanol–water partition coefficient (Wildman–Crippen LogP) is 9.46. The number of carboxylic acid groups (broad SMARTS) is 1. The molecule has 2 aromatic carbocycles. The lowest BCUT2D eigenvalue weighted by Crippen LogP contribution is -2.38. The lowest BCUT2D eigenvalue weighted by molar-refractivity contribution is 0.0563. The second-order valence-corrected chi connectivity index (χ2v) is 14.0. The van der Waals surface area contributed by atoms with E-state index < -0.39 is 16.1 Å². The molecule has 3 rings (SSSR count). The van der Waals surface area contributed by atoms with Crippen molar-refractivity contribution in [1.82, 2.24) is 0 Å². The van der Waals surface area contributed by atoms with Crippen molar-refractivity contribution < 1.29 is 23.1 Å². The van der Waals surface area contributed by atoms with Crippen LogP contribution in [-0.4, -0.2) is 25.2 Å². The molecule has 2 aromatic rings. The molecule has 1 aliphatic rings. The van der Waals surface area contributed by atoms with Crippen LogP contribution in [0.5, 0.6) is 5.75 Å². The third-order valence-electron chi connectivity index (χ3n) is 7.86. The Morgan fingerprint density at radius 3 is 2.14 bits per heavy atom. The van der Waals surface area contributed by atoms with E-state index in [1.807, 2.05) is 13.8 Å². The van der Waals surface area contributed by atoms with E-state index in [1.165, 1.54) is 28.9 Å². The highest BCUT2D eigenvalue weighted by atomic mass is 32.2. The third-order valence-corrected chi connectivity index (χ3v) is 9.58. The Kier molecular flexibility index (Phi) is 11.2. The van der Waals surface area contributed by atoms with Gasteiger partial charge in [0, 0.05) is 0 Å². The molecular weight excluding hydrogens is 546 g/mol. The zero-order valence-electron chi connectivity index (χ0n) is 26.3. The number of anilines is 1. The van der Waals surface area contributed by atoms with Gasteiger partial charge in [-0.15, -0.1) is 0 Å². The molecule has 0 aliphatic carbocycles. The molecule has 0 saturated heterocycles. The van der Waals surface area contributed by atoms with Gasteiger partial charge in [-0.2, -0.15) is 4.31 Å². The minimum atomic E-state index is -4.30. The van der Waals surface area contributed by atoms with Gasteiger partial charge in [0.15, 0.2) is 0 Å². The molecule has 7 heteroatoms. The van der Waals surface area contributed by atoms with Crippen molar-refractivity contribution in [3.63, 3.8) is 0 Å². The SMILES string of the molecule is CC(C)=CCCC(C)=CCCC(C)=CCC[C@]1(C)CCc2cc(N(C(=O)O)S(=O)(=O)c3ccc(C)cc3)cc(C)c2O1. The molecule has 42 heavy (non-hydrogen) atoms. The van der Waals surface area contributed by atoms with Crippen molar-refractivity contribution in [3.8, 4) is 5.75 Å². The fourth-order valence-corrected chi connectivity index (χ4v) is 6.56. The summed E-state index contributed by atoms with van der Waals surface area (Å²) >= 11 is 0. The first-order chi connectivity index (χ1) is 19.7. The minimum absolute atomic E-state index is 0.0660. The van der Waals surface area contributed by atoms with Crippen LogP contribution in [0, 0.1) is 13.8 Å². The molecule has 1 aliphatic heterocycles. The Hall–Kier alpha value is -3.32. The number of carbonyl (C=O) groups is 1. The number of sulfonamides is 1. The highest BCUT2D eigenvalue weighted by Gasteiger charge is 2.35. The molecule has 1 heterocycles. The van der Waals surface area contributed by atoms with Crippen molar-refractivity contribution >= 4 is 21.8 Å². The summed E-state index contributed by atoms with van der Waals surface area (Å²) in [5.41, 5.74) is 6.38. The first-order valence-corrected chi connectivity index (χ1v) is 16.3. The van der Waals surface area contributed by atoms with Crippen molar-refractivity contribution in [1.29, 1.82) is 0 Å². The largest absolute Gasteiger partial charge is 0.487 e. The molecule has 6 nitrogen and oxygen atoms in total. The van der Waals surface area contributed by atoms with E-state index in [-0.39, 0.29) is 16.2 Å². The highest BCUT2D eigenvalue weighted by Crippen LogP contribution is 2.41. The van der Waals surface area contributed by atoms with Gasteiger partial charge in [0.05, 0.1) is 10.6 Å². The Balaban J connectivity index is 1.66. The molecule has 1 amide bonds. The van der Waals surface area contributed by atoms with Gasteiger partial charge in [0.25, 0.3) is 10.0 Å². The molecule has 0 saturated carbocycles. The molecule has 228 valence electrons. The number of nitrogens with zero attached hydrogens (tertiary/aromatic N) is 1. The Labute approximate surface area is 252 Å². The molecule has 0 bridgehead atoms. The number of ether oxygens (including phenoxy) is 1. The molecule has 1 atom stereocenters. The number of hydrogen-bond donors (Lipinski definition) is 1. The van der Waals surface area contributed by atoms with Crippen LogP contribution >= 0.6 is 0 Å². The average Bonchev–Trinajstić information content (AvgIpc) is 2.89. The van der Waals surface area contributed by atoms with Crippen LogP contribution in [-0.2, 0) is 16.4 Å². The second-order valence-electron chi connectivity index (χ2n) is 12.2. The van der Waals surface area contributed by atoms with Crippen molar-refractivity contribution in [2.24, 2.45) is 0 Å². The normalized spacial score (nSPS) is 17.3. The summed E-state index contributed by atoms with van der Waals surface area (Å²) in [5.74, 6) is 0.722. The van der Waals surface area contributed by atoms with Gasteiger partial charge in [-0.05, 0) is 135 Å². The Bertz CT molecular complexity index is 1460. The van der Waals surface area contributed by atoms with Crippen LogP contribution in [0.3, 0.4) is 0 Å². The van der Waals surface area contributed by atoms with Crippen LogP contribution in [0.15, 0.2) is 76.2 Å². The maximum Gasteiger partial charge on any atom is 0.426 e. The van der Waals surface area contributed by atoms with Gasteiger partial charge in [-0.25, -0.2) is 13.2 Å². The molecule has 0 fully saturated rings. The van der Waals surface area contributed by atoms with Crippen LogP contribution in [0.25, 0.3) is 0 Å². The molecule has 0 aromatic heterocycles. The predicted molar refractivity (Wildman–Crippen MR) is 172 cm³/mol. The van der Waals surface area contributed by atoms with Gasteiger partial charge in [0.2, 0.25) is 0 Å². The van der Waals surface area contributed by atoms with E-state index in [4.69, 9.17) is 4.74 Å². The molecule has 0 unspecified atom stereocenters. The summed E-state index contributed by atoms with van der Waals surface area (Å²) in [7, 11) is -4.30. The van der Waals surface area contributed by atoms with E-state index in [2.05, 4.69) is 52.8 Å². The van der Waals surface area contributed by atoms with Crippen LogP contribution in [0.2, 0.25) is 0 Å². The average molecular weight is 594 g/mol. The number of hydrogen-bond acceptors (Lipinski definition) is 4. The highest BCUT2D eigenvalue weighted by molar-refractivity contribution is 7.93. The van der Waals surface area contributed by atoms with Crippen molar-refractivity contribution in [2.45, 2.75) is 110 Å². The van der Waals surface area contributed by atoms with Crippen molar-refractivity contribution in [2.75, 3.05) is 4.31 Å². The quantitative estimate of drug-likeness (QED) is 0.248. The summed E-state index contributed by atoms with van der Waals surface area (Å²) in [6, 6.07) is 9.40. The second kappa shape index (κ2) is 14.2. The lowest BCUT2D eigenvalue weighted by Gasteiger charge is -2.37. The van der Waals surface area contributed by atoms with Crippen molar-refractivity contribution in [3.05, 3.63) is 88.0 Å². The zero-order chi connectivity index (χ0) is 31.1.